The van der Waals surface area contributed by atoms with Crippen molar-refractivity contribution in [3.63, 3.8) is 0 Å². The normalized spacial score (nSPS) is 10.3. The molecule has 0 aliphatic carbocycles. The van der Waals surface area contributed by atoms with Crippen molar-refractivity contribution in [1.29, 1.82) is 0 Å². The maximum absolute atomic E-state index is 13.4. The largest absolute Gasteiger partial charge is 0.268 e. The van der Waals surface area contributed by atoms with E-state index in [0.717, 1.165) is 3.57 Å². The Morgan fingerprint density at radius 2 is 2.07 bits per heavy atom. The van der Waals surface area contributed by atoms with E-state index in [1.807, 2.05) is 0 Å². The van der Waals surface area contributed by atoms with Crippen molar-refractivity contribution in [2.75, 3.05) is 0 Å². The lowest BCUT2D eigenvalue weighted by Gasteiger charge is -2.01. The molecule has 1 heterocycles. The maximum Gasteiger partial charge on any atom is 0.264 e. The predicted octanol–water partition coefficient (Wildman–Crippen LogP) is 2.18. The van der Waals surface area contributed by atoms with Crippen molar-refractivity contribution in [2.24, 2.45) is 0 Å². The quantitative estimate of drug-likeness (QED) is 0.820. The number of benzene rings is 1. The van der Waals surface area contributed by atoms with Crippen molar-refractivity contribution < 1.29 is 4.39 Å². The van der Waals surface area contributed by atoms with Crippen LogP contribution in [0.2, 0.25) is 0 Å². The minimum atomic E-state index is -0.352. The second-order valence-corrected chi connectivity index (χ2v) is 4.18. The van der Waals surface area contributed by atoms with Crippen molar-refractivity contribution in [3.05, 3.63) is 50.1 Å². The topological polar surface area (TPSA) is 45.8 Å². The van der Waals surface area contributed by atoms with Gasteiger partial charge in [0.1, 0.15) is 5.82 Å². The SMILES string of the molecule is O=c1ccc(-c2cc(I)ccc2F)n[nH]1. The van der Waals surface area contributed by atoms with Gasteiger partial charge in [0, 0.05) is 15.2 Å². The standard InChI is InChI=1S/C10H6FIN2O/c11-8-2-1-6(12)5-7(8)9-3-4-10(15)14-13-9/h1-5H,(H,14,15). The molecule has 1 N–H and O–H groups in total. The second-order valence-electron chi connectivity index (χ2n) is 2.93. The fourth-order valence-electron chi connectivity index (χ4n) is 1.19. The molecular weight excluding hydrogens is 310 g/mol. The molecule has 76 valence electrons. The summed E-state index contributed by atoms with van der Waals surface area (Å²) in [6.45, 7) is 0. The first-order valence-corrected chi connectivity index (χ1v) is 5.26. The fraction of sp³-hybridized carbons (Fsp3) is 0. The van der Waals surface area contributed by atoms with Crippen LogP contribution in [0.4, 0.5) is 4.39 Å². The number of nitrogens with one attached hydrogen (secondary N) is 1. The van der Waals surface area contributed by atoms with Crippen molar-refractivity contribution >= 4 is 22.6 Å². The third-order valence-corrected chi connectivity index (χ3v) is 2.55. The molecule has 2 aromatic rings. The summed E-state index contributed by atoms with van der Waals surface area (Å²) in [6, 6.07) is 7.54. The first-order valence-electron chi connectivity index (χ1n) is 4.18. The lowest BCUT2D eigenvalue weighted by Crippen LogP contribution is -2.06. The first kappa shape index (κ1) is 10.3. The van der Waals surface area contributed by atoms with Crippen LogP contribution in [0.1, 0.15) is 0 Å². The van der Waals surface area contributed by atoms with Gasteiger partial charge in [-0.25, -0.2) is 9.49 Å². The van der Waals surface area contributed by atoms with E-state index in [-0.39, 0.29) is 11.4 Å². The highest BCUT2D eigenvalue weighted by atomic mass is 127. The van der Waals surface area contributed by atoms with Crippen molar-refractivity contribution in [3.8, 4) is 11.3 Å². The monoisotopic (exact) mass is 316 g/mol. The number of hydrogen-bond donors (Lipinski definition) is 1. The van der Waals surface area contributed by atoms with E-state index in [2.05, 4.69) is 32.8 Å². The second kappa shape index (κ2) is 4.09. The Balaban J connectivity index is 2.58. The molecule has 0 saturated heterocycles. The average molecular weight is 316 g/mol. The van der Waals surface area contributed by atoms with E-state index >= 15 is 0 Å². The summed E-state index contributed by atoms with van der Waals surface area (Å²) in [6.07, 6.45) is 0. The van der Waals surface area contributed by atoms with E-state index in [0.29, 0.717) is 11.3 Å². The Kier molecular flexibility index (Phi) is 2.81. The van der Waals surface area contributed by atoms with Gasteiger partial charge >= 0.3 is 0 Å². The molecule has 0 saturated carbocycles. The third-order valence-electron chi connectivity index (χ3n) is 1.88. The minimum absolute atomic E-state index is 0.301. The Bertz CT molecular complexity index is 533. The molecule has 0 amide bonds. The number of H-pyrrole nitrogens is 1. The predicted molar refractivity (Wildman–Crippen MR) is 63.0 cm³/mol. The number of hydrogen-bond acceptors (Lipinski definition) is 2. The van der Waals surface area contributed by atoms with Crippen LogP contribution < -0.4 is 5.56 Å². The molecule has 0 radical (unpaired) electrons. The molecule has 1 aromatic heterocycles. The molecule has 5 heteroatoms. The number of rotatable bonds is 1. The first-order chi connectivity index (χ1) is 7.16. The van der Waals surface area contributed by atoms with Crippen LogP contribution in [0.5, 0.6) is 0 Å². The Morgan fingerprint density at radius 3 is 2.73 bits per heavy atom. The van der Waals surface area contributed by atoms with E-state index < -0.39 is 0 Å². The van der Waals surface area contributed by atoms with Gasteiger partial charge in [0.2, 0.25) is 0 Å². The van der Waals surface area contributed by atoms with Crippen molar-refractivity contribution in [2.45, 2.75) is 0 Å². The summed E-state index contributed by atoms with van der Waals surface area (Å²) in [5.74, 6) is -0.352. The lowest BCUT2D eigenvalue weighted by molar-refractivity contribution is 0.630. The molecule has 3 nitrogen and oxygen atoms in total. The van der Waals surface area contributed by atoms with Gasteiger partial charge < -0.3 is 0 Å². The Morgan fingerprint density at radius 1 is 1.27 bits per heavy atom. The smallest absolute Gasteiger partial charge is 0.264 e. The van der Waals surface area contributed by atoms with Crippen LogP contribution in [0.15, 0.2) is 35.1 Å². The van der Waals surface area contributed by atoms with Crippen LogP contribution in [0.3, 0.4) is 0 Å². The molecule has 15 heavy (non-hydrogen) atoms. The fourth-order valence-corrected chi connectivity index (χ4v) is 1.68. The van der Waals surface area contributed by atoms with Crippen LogP contribution in [0, 0.1) is 9.39 Å². The molecule has 1 aromatic carbocycles. The number of halogens is 2. The van der Waals surface area contributed by atoms with Crippen molar-refractivity contribution in [1.82, 2.24) is 10.2 Å². The molecule has 0 aliphatic rings. The van der Waals surface area contributed by atoms with Crippen LogP contribution in [0.25, 0.3) is 11.3 Å². The van der Waals surface area contributed by atoms with E-state index in [1.54, 1.807) is 12.1 Å². The Hall–Kier alpha value is -1.24. The zero-order valence-electron chi connectivity index (χ0n) is 7.50. The molecule has 0 spiro atoms. The zero-order valence-corrected chi connectivity index (χ0v) is 9.66. The summed E-state index contributed by atoms with van der Waals surface area (Å²) in [4.78, 5) is 10.8. The summed E-state index contributed by atoms with van der Waals surface area (Å²) in [5.41, 5.74) is 0.508. The van der Waals surface area contributed by atoms with Crippen LogP contribution >= 0.6 is 22.6 Å². The van der Waals surface area contributed by atoms with Gasteiger partial charge in [-0.05, 0) is 46.9 Å². The summed E-state index contributed by atoms with van der Waals surface area (Å²) in [5, 5.41) is 6.04. The molecule has 0 atom stereocenters. The van der Waals surface area contributed by atoms with Gasteiger partial charge in [-0.2, -0.15) is 5.10 Å². The number of aromatic amines is 1. The van der Waals surface area contributed by atoms with Gasteiger partial charge in [-0.3, -0.25) is 4.79 Å². The van der Waals surface area contributed by atoms with Gasteiger partial charge in [0.15, 0.2) is 0 Å². The van der Waals surface area contributed by atoms with Gasteiger partial charge in [0.25, 0.3) is 5.56 Å². The average Bonchev–Trinajstić information content (AvgIpc) is 2.23. The van der Waals surface area contributed by atoms with Gasteiger partial charge in [0.05, 0.1) is 5.69 Å². The van der Waals surface area contributed by atoms with Gasteiger partial charge in [-0.1, -0.05) is 0 Å². The van der Waals surface area contributed by atoms with E-state index in [9.17, 15) is 9.18 Å². The lowest BCUT2D eigenvalue weighted by atomic mass is 10.1. The molecule has 0 bridgehead atoms. The molecular formula is C10H6FIN2O. The number of aromatic nitrogens is 2. The third kappa shape index (κ3) is 2.23. The Labute approximate surface area is 98.5 Å². The molecule has 0 fully saturated rings. The summed E-state index contributed by atoms with van der Waals surface area (Å²) in [7, 11) is 0. The zero-order chi connectivity index (χ0) is 10.8. The minimum Gasteiger partial charge on any atom is -0.268 e. The highest BCUT2D eigenvalue weighted by Gasteiger charge is 2.06. The van der Waals surface area contributed by atoms with Crippen LogP contribution in [-0.2, 0) is 0 Å². The number of nitrogens with zero attached hydrogens (tertiary/aromatic N) is 1. The maximum atomic E-state index is 13.4. The highest BCUT2D eigenvalue weighted by molar-refractivity contribution is 14.1. The molecule has 0 unspecified atom stereocenters. The van der Waals surface area contributed by atoms with Crippen LogP contribution in [-0.4, -0.2) is 10.2 Å². The molecule has 0 aliphatic heterocycles. The molecule has 2 rings (SSSR count). The summed E-state index contributed by atoms with van der Waals surface area (Å²) >= 11 is 2.09. The van der Waals surface area contributed by atoms with E-state index in [4.69, 9.17) is 0 Å². The van der Waals surface area contributed by atoms with E-state index in [1.165, 1.54) is 18.2 Å². The van der Waals surface area contributed by atoms with Gasteiger partial charge in [-0.15, -0.1) is 0 Å². The summed E-state index contributed by atoms with van der Waals surface area (Å²) < 4.78 is 14.3. The highest BCUT2D eigenvalue weighted by Crippen LogP contribution is 2.21.